The van der Waals surface area contributed by atoms with Crippen LogP contribution in [0.25, 0.3) is 0 Å². The van der Waals surface area contributed by atoms with Crippen LogP contribution in [-0.2, 0) is 16.0 Å². The molecule has 2 N–H and O–H groups in total. The average molecular weight is 406 g/mol. The van der Waals surface area contributed by atoms with E-state index in [0.717, 1.165) is 18.4 Å². The highest BCUT2D eigenvalue weighted by Gasteiger charge is 2.32. The molecule has 7 nitrogen and oxygen atoms in total. The molecular formula is C20H27N3O4S. The van der Waals surface area contributed by atoms with Crippen molar-refractivity contribution in [2.45, 2.75) is 49.8 Å². The van der Waals surface area contributed by atoms with E-state index in [0.29, 0.717) is 35.7 Å². The molecule has 1 aliphatic heterocycles. The van der Waals surface area contributed by atoms with Gasteiger partial charge < -0.3 is 20.1 Å². The molecule has 1 saturated carbocycles. The van der Waals surface area contributed by atoms with Crippen molar-refractivity contribution in [1.82, 2.24) is 10.6 Å². The Bertz CT molecular complexity index is 747. The fourth-order valence-corrected chi connectivity index (χ4v) is 4.46. The number of carbonyl (C=O) groups is 2. The Labute approximate surface area is 169 Å². The molecule has 1 atom stereocenters. The molecule has 2 fully saturated rings. The van der Waals surface area contributed by atoms with E-state index >= 15 is 0 Å². The number of thioether (sulfide) groups is 1. The molecule has 1 heterocycles. The Balaban J connectivity index is 1.43. The van der Waals surface area contributed by atoms with Crippen LogP contribution in [-0.4, -0.2) is 49.0 Å². The van der Waals surface area contributed by atoms with Crippen LogP contribution in [0.5, 0.6) is 11.5 Å². The van der Waals surface area contributed by atoms with Crippen molar-refractivity contribution in [2.75, 3.05) is 20.8 Å². The van der Waals surface area contributed by atoms with Crippen molar-refractivity contribution in [3.63, 3.8) is 0 Å². The van der Waals surface area contributed by atoms with Gasteiger partial charge in [0.15, 0.2) is 16.7 Å². The Hall–Kier alpha value is -2.22. The zero-order chi connectivity index (χ0) is 19.9. The molecule has 0 bridgehead atoms. The molecule has 0 unspecified atom stereocenters. The lowest BCUT2D eigenvalue weighted by atomic mass is 10.1. The van der Waals surface area contributed by atoms with Gasteiger partial charge in [-0.1, -0.05) is 30.7 Å². The first-order valence-corrected chi connectivity index (χ1v) is 10.5. The summed E-state index contributed by atoms with van der Waals surface area (Å²) in [7, 11) is 3.19. The highest BCUT2D eigenvalue weighted by atomic mass is 32.2. The van der Waals surface area contributed by atoms with Gasteiger partial charge in [0.1, 0.15) is 5.25 Å². The normalized spacial score (nSPS) is 21.0. The van der Waals surface area contributed by atoms with Crippen molar-refractivity contribution in [1.29, 1.82) is 0 Å². The zero-order valence-corrected chi connectivity index (χ0v) is 17.1. The van der Waals surface area contributed by atoms with Gasteiger partial charge in [0.2, 0.25) is 11.8 Å². The number of nitrogens with zero attached hydrogens (tertiary/aromatic N) is 1. The van der Waals surface area contributed by atoms with Crippen LogP contribution >= 0.6 is 11.8 Å². The third-order valence-electron chi connectivity index (χ3n) is 4.96. The van der Waals surface area contributed by atoms with Crippen LogP contribution in [0.1, 0.15) is 37.7 Å². The zero-order valence-electron chi connectivity index (χ0n) is 16.3. The van der Waals surface area contributed by atoms with E-state index in [1.807, 2.05) is 18.2 Å². The Morgan fingerprint density at radius 3 is 2.71 bits per heavy atom. The summed E-state index contributed by atoms with van der Waals surface area (Å²) in [4.78, 5) is 28.9. The van der Waals surface area contributed by atoms with Crippen molar-refractivity contribution >= 4 is 28.7 Å². The van der Waals surface area contributed by atoms with E-state index in [1.54, 1.807) is 14.2 Å². The number of hydrogen-bond donors (Lipinski definition) is 2. The van der Waals surface area contributed by atoms with Crippen molar-refractivity contribution in [3.05, 3.63) is 23.8 Å². The third-order valence-corrected chi connectivity index (χ3v) is 6.05. The first kappa shape index (κ1) is 20.5. The summed E-state index contributed by atoms with van der Waals surface area (Å²) in [6, 6.07) is 6.01. The second-order valence-corrected chi connectivity index (χ2v) is 8.15. The molecule has 1 saturated heterocycles. The SMILES string of the molecule is COc1ccc(CCNC(=O)C[C@H]2SC(=NC3CCCC3)NC2=O)cc1OC. The summed E-state index contributed by atoms with van der Waals surface area (Å²) in [6.07, 6.45) is 5.40. The summed E-state index contributed by atoms with van der Waals surface area (Å²) in [5.74, 6) is 1.08. The van der Waals surface area contributed by atoms with Crippen LogP contribution in [0, 0.1) is 0 Å². The van der Waals surface area contributed by atoms with E-state index in [1.165, 1.54) is 24.6 Å². The van der Waals surface area contributed by atoms with Gasteiger partial charge in [-0.3, -0.25) is 14.6 Å². The number of carbonyl (C=O) groups excluding carboxylic acids is 2. The minimum absolute atomic E-state index is 0.128. The smallest absolute Gasteiger partial charge is 0.240 e. The van der Waals surface area contributed by atoms with E-state index in [2.05, 4.69) is 15.6 Å². The number of benzene rings is 1. The topological polar surface area (TPSA) is 89.0 Å². The van der Waals surface area contributed by atoms with Crippen LogP contribution in [0.2, 0.25) is 0 Å². The van der Waals surface area contributed by atoms with Crippen LogP contribution in [0.3, 0.4) is 0 Å². The van der Waals surface area contributed by atoms with Crippen LogP contribution in [0.4, 0.5) is 0 Å². The summed E-state index contributed by atoms with van der Waals surface area (Å²) in [5, 5.41) is 5.96. The summed E-state index contributed by atoms with van der Waals surface area (Å²) in [6.45, 7) is 0.496. The maximum Gasteiger partial charge on any atom is 0.240 e. The second-order valence-electron chi connectivity index (χ2n) is 6.96. The summed E-state index contributed by atoms with van der Waals surface area (Å²) >= 11 is 1.37. The Morgan fingerprint density at radius 1 is 1.25 bits per heavy atom. The van der Waals surface area contributed by atoms with E-state index in [9.17, 15) is 9.59 Å². The third kappa shape index (κ3) is 5.41. The van der Waals surface area contributed by atoms with Crippen molar-refractivity contribution in [2.24, 2.45) is 4.99 Å². The maximum atomic E-state index is 12.2. The molecule has 3 rings (SSSR count). The number of aliphatic imine (C=N–C) groups is 1. The number of hydrogen-bond acceptors (Lipinski definition) is 6. The fraction of sp³-hybridized carbons (Fsp3) is 0.550. The quantitative estimate of drug-likeness (QED) is 0.693. The molecule has 2 amide bonds. The number of amides is 2. The van der Waals surface area contributed by atoms with Gasteiger partial charge in [0.05, 0.1) is 20.3 Å². The lowest BCUT2D eigenvalue weighted by Crippen LogP contribution is -2.32. The Kier molecular flexibility index (Phi) is 7.19. The van der Waals surface area contributed by atoms with Gasteiger partial charge in [-0.25, -0.2) is 0 Å². The van der Waals surface area contributed by atoms with Gasteiger partial charge in [-0.2, -0.15) is 0 Å². The van der Waals surface area contributed by atoms with Crippen LogP contribution < -0.4 is 20.1 Å². The van der Waals surface area contributed by atoms with E-state index in [-0.39, 0.29) is 18.2 Å². The maximum absolute atomic E-state index is 12.2. The fourth-order valence-electron chi connectivity index (χ4n) is 3.42. The molecule has 0 aromatic heterocycles. The molecule has 0 radical (unpaired) electrons. The number of nitrogens with one attached hydrogen (secondary N) is 2. The molecule has 0 spiro atoms. The number of ether oxygens (including phenoxy) is 2. The van der Waals surface area contributed by atoms with Gasteiger partial charge in [0, 0.05) is 13.0 Å². The number of amidine groups is 1. The van der Waals surface area contributed by atoms with Gasteiger partial charge >= 0.3 is 0 Å². The average Bonchev–Trinajstić information content (AvgIpc) is 3.31. The minimum Gasteiger partial charge on any atom is -0.493 e. The molecule has 8 heteroatoms. The molecular weight excluding hydrogens is 378 g/mol. The monoisotopic (exact) mass is 405 g/mol. The lowest BCUT2D eigenvalue weighted by Gasteiger charge is -2.10. The molecule has 1 aromatic rings. The summed E-state index contributed by atoms with van der Waals surface area (Å²) < 4.78 is 10.5. The van der Waals surface area contributed by atoms with E-state index < -0.39 is 5.25 Å². The second kappa shape index (κ2) is 9.82. The van der Waals surface area contributed by atoms with Crippen molar-refractivity contribution < 1.29 is 19.1 Å². The Morgan fingerprint density at radius 2 is 2.00 bits per heavy atom. The predicted molar refractivity (Wildman–Crippen MR) is 110 cm³/mol. The highest BCUT2D eigenvalue weighted by molar-refractivity contribution is 8.15. The minimum atomic E-state index is -0.402. The molecule has 28 heavy (non-hydrogen) atoms. The molecule has 1 aliphatic carbocycles. The lowest BCUT2D eigenvalue weighted by molar-refractivity contribution is -0.125. The van der Waals surface area contributed by atoms with E-state index in [4.69, 9.17) is 9.47 Å². The molecule has 1 aromatic carbocycles. The molecule has 2 aliphatic rings. The first-order chi connectivity index (χ1) is 13.6. The molecule has 152 valence electrons. The first-order valence-electron chi connectivity index (χ1n) is 9.62. The van der Waals surface area contributed by atoms with Gasteiger partial charge in [0.25, 0.3) is 0 Å². The summed E-state index contributed by atoms with van der Waals surface area (Å²) in [5.41, 5.74) is 1.04. The van der Waals surface area contributed by atoms with Crippen LogP contribution in [0.15, 0.2) is 23.2 Å². The number of rotatable bonds is 8. The van der Waals surface area contributed by atoms with Crippen molar-refractivity contribution in [3.8, 4) is 11.5 Å². The van der Waals surface area contributed by atoms with Gasteiger partial charge in [-0.15, -0.1) is 0 Å². The van der Waals surface area contributed by atoms with Gasteiger partial charge in [-0.05, 0) is 37.0 Å². The number of methoxy groups -OCH3 is 2. The largest absolute Gasteiger partial charge is 0.493 e. The predicted octanol–water partition coefficient (Wildman–Crippen LogP) is 2.28. The highest BCUT2D eigenvalue weighted by Crippen LogP contribution is 2.28. The standard InChI is InChI=1S/C20H27N3O4S/c1-26-15-8-7-13(11-16(15)27-2)9-10-21-18(24)12-17-19(25)23-20(28-17)22-14-5-3-4-6-14/h7-8,11,14,17H,3-6,9-10,12H2,1-2H3,(H,21,24)(H,22,23,25)/t17-/m1/s1.